The summed E-state index contributed by atoms with van der Waals surface area (Å²) in [6.45, 7) is 4.31. The molecule has 0 radical (unpaired) electrons. The number of amides is 2. The van der Waals surface area contributed by atoms with Gasteiger partial charge in [0.15, 0.2) is 23.5 Å². The third kappa shape index (κ3) is 8.58. The van der Waals surface area contributed by atoms with Crippen LogP contribution in [0.2, 0.25) is 0 Å². The molecule has 3 aromatic rings. The number of hydrogen-bond acceptors (Lipinski definition) is 11. The highest BCUT2D eigenvalue weighted by molar-refractivity contribution is 7.89. The van der Waals surface area contributed by atoms with Crippen LogP contribution in [0.1, 0.15) is 42.8 Å². The van der Waals surface area contributed by atoms with Gasteiger partial charge in [-0.25, -0.2) is 13.2 Å². The van der Waals surface area contributed by atoms with E-state index in [0.717, 1.165) is 5.56 Å². The molecule has 14 nitrogen and oxygen atoms in total. The molecule has 2 saturated heterocycles. The first-order valence-electron chi connectivity index (χ1n) is 16.6. The van der Waals surface area contributed by atoms with E-state index in [1.807, 2.05) is 44.2 Å². The second kappa shape index (κ2) is 15.4. The standard InChI is InChI=1S/C35H43N3O11S/c1-35(2,13-14-36-32(40)29-9-6-15-44-29)21-38(50(42,43)24-10-11-28-30(18-24)48-22-47-28)19-27(39)26(17-23-7-4-3-5-8-23)37-34(41)49-31-20-46-33-25(31)12-16-45-33/h3-11,15,18,25-27,31,33,39H,12-14,16-17,19-22H2,1-2H3,(H,36,40)(H,37,41)/t25-,26-,27+,31-,33+/m0/s1. The van der Waals surface area contributed by atoms with E-state index in [9.17, 15) is 23.1 Å². The van der Waals surface area contributed by atoms with Gasteiger partial charge in [-0.1, -0.05) is 44.2 Å². The second-order valence-electron chi connectivity index (χ2n) is 13.4. The van der Waals surface area contributed by atoms with Crippen LogP contribution in [0.4, 0.5) is 4.79 Å². The smallest absolute Gasteiger partial charge is 0.407 e. The third-order valence-corrected chi connectivity index (χ3v) is 10.9. The zero-order valence-corrected chi connectivity index (χ0v) is 28.8. The Bertz CT molecular complexity index is 1720. The Labute approximate surface area is 291 Å². The first-order chi connectivity index (χ1) is 24.0. The normalized spacial score (nSPS) is 21.1. The van der Waals surface area contributed by atoms with Crippen molar-refractivity contribution in [3.05, 3.63) is 78.3 Å². The molecule has 6 rings (SSSR count). The van der Waals surface area contributed by atoms with Gasteiger partial charge in [0.1, 0.15) is 6.10 Å². The first-order valence-corrected chi connectivity index (χ1v) is 18.1. The molecule has 1 aromatic heterocycles. The van der Waals surface area contributed by atoms with Gasteiger partial charge in [0.05, 0.1) is 42.4 Å². The summed E-state index contributed by atoms with van der Waals surface area (Å²) in [5.74, 6) is 0.436. The molecule has 5 atom stereocenters. The monoisotopic (exact) mass is 713 g/mol. The Morgan fingerprint density at radius 1 is 1.06 bits per heavy atom. The predicted molar refractivity (Wildman–Crippen MR) is 178 cm³/mol. The number of aliphatic hydroxyl groups excluding tert-OH is 1. The fourth-order valence-electron chi connectivity index (χ4n) is 6.36. The number of nitrogens with one attached hydrogen (secondary N) is 2. The summed E-state index contributed by atoms with van der Waals surface area (Å²) < 4.78 is 62.7. The van der Waals surface area contributed by atoms with Crippen LogP contribution in [0.3, 0.4) is 0 Å². The summed E-state index contributed by atoms with van der Waals surface area (Å²) >= 11 is 0. The first kappa shape index (κ1) is 35.7. The zero-order chi connectivity index (χ0) is 35.3. The van der Waals surface area contributed by atoms with Crippen LogP contribution >= 0.6 is 0 Å². The van der Waals surface area contributed by atoms with E-state index in [1.54, 1.807) is 12.1 Å². The van der Waals surface area contributed by atoms with Crippen molar-refractivity contribution >= 4 is 22.0 Å². The van der Waals surface area contributed by atoms with Crippen molar-refractivity contribution in [1.29, 1.82) is 0 Å². The van der Waals surface area contributed by atoms with E-state index in [-0.39, 0.29) is 61.9 Å². The highest BCUT2D eigenvalue weighted by Gasteiger charge is 2.44. The van der Waals surface area contributed by atoms with Gasteiger partial charge in [0.25, 0.3) is 5.91 Å². The lowest BCUT2D eigenvalue weighted by Crippen LogP contribution is -2.52. The average Bonchev–Trinajstić information content (AvgIpc) is 3.91. The number of furan rings is 1. The highest BCUT2D eigenvalue weighted by atomic mass is 32.2. The topological polar surface area (TPSA) is 175 Å². The fourth-order valence-corrected chi connectivity index (χ4v) is 8.02. The number of carbonyl (C=O) groups excluding carboxylic acids is 2. The summed E-state index contributed by atoms with van der Waals surface area (Å²) in [6.07, 6.45) is -0.306. The molecule has 15 heteroatoms. The SMILES string of the molecule is CC(C)(CCNC(=O)c1ccco1)CN(C[C@@H](O)[C@H](Cc1ccccc1)NC(=O)O[C@H]1CO[C@H]2OCC[C@H]21)S(=O)(=O)c1ccc2c(c1)OCO2. The van der Waals surface area contributed by atoms with Crippen LogP contribution in [-0.2, 0) is 30.7 Å². The third-order valence-electron chi connectivity index (χ3n) is 9.12. The van der Waals surface area contributed by atoms with Crippen LogP contribution in [0.15, 0.2) is 76.2 Å². The largest absolute Gasteiger partial charge is 0.459 e. The van der Waals surface area contributed by atoms with Crippen LogP contribution in [-0.4, -0.2) is 94.0 Å². The number of hydrogen-bond donors (Lipinski definition) is 3. The molecule has 0 bridgehead atoms. The highest BCUT2D eigenvalue weighted by Crippen LogP contribution is 2.36. The van der Waals surface area contributed by atoms with Crippen LogP contribution in [0.25, 0.3) is 0 Å². The molecule has 4 heterocycles. The molecule has 0 spiro atoms. The molecule has 2 aromatic carbocycles. The lowest BCUT2D eigenvalue weighted by Gasteiger charge is -2.35. The fraction of sp³-hybridized carbons (Fsp3) is 0.486. The van der Waals surface area contributed by atoms with Crippen LogP contribution < -0.4 is 20.1 Å². The van der Waals surface area contributed by atoms with Crippen molar-refractivity contribution in [1.82, 2.24) is 14.9 Å². The van der Waals surface area contributed by atoms with Gasteiger partial charge < -0.3 is 43.8 Å². The van der Waals surface area contributed by atoms with Crippen molar-refractivity contribution < 1.29 is 51.2 Å². The maximum Gasteiger partial charge on any atom is 0.407 e. The van der Waals surface area contributed by atoms with Gasteiger partial charge in [0, 0.05) is 25.7 Å². The quantitative estimate of drug-likeness (QED) is 0.211. The zero-order valence-electron chi connectivity index (χ0n) is 28.0. The summed E-state index contributed by atoms with van der Waals surface area (Å²) in [7, 11) is -4.23. The van der Waals surface area contributed by atoms with Crippen LogP contribution in [0, 0.1) is 11.3 Å². The number of sulfonamides is 1. The van der Waals surface area contributed by atoms with Crippen molar-refractivity contribution in [3.63, 3.8) is 0 Å². The number of nitrogens with zero attached hydrogens (tertiary/aromatic N) is 1. The molecule has 3 aliphatic heterocycles. The Morgan fingerprint density at radius 2 is 1.86 bits per heavy atom. The van der Waals surface area contributed by atoms with E-state index in [1.165, 1.54) is 28.8 Å². The number of rotatable bonds is 15. The van der Waals surface area contributed by atoms with E-state index < -0.39 is 46.1 Å². The molecule has 3 aliphatic rings. The lowest BCUT2D eigenvalue weighted by molar-refractivity contribution is -0.0907. The van der Waals surface area contributed by atoms with Gasteiger partial charge in [0.2, 0.25) is 16.8 Å². The van der Waals surface area contributed by atoms with Crippen molar-refractivity contribution in [3.8, 4) is 11.5 Å². The Hall–Kier alpha value is -4.15. The summed E-state index contributed by atoms with van der Waals surface area (Å²) in [4.78, 5) is 25.7. The molecule has 50 heavy (non-hydrogen) atoms. The summed E-state index contributed by atoms with van der Waals surface area (Å²) in [5, 5.41) is 17.4. The molecule has 2 fully saturated rings. The molecule has 270 valence electrons. The number of aliphatic hydroxyl groups is 1. The van der Waals surface area contributed by atoms with Crippen LogP contribution in [0.5, 0.6) is 11.5 Å². The van der Waals surface area contributed by atoms with E-state index >= 15 is 0 Å². The number of alkyl carbamates (subject to hydrolysis) is 1. The number of ether oxygens (including phenoxy) is 5. The number of fused-ring (bicyclic) bond motifs is 2. The van der Waals surface area contributed by atoms with E-state index in [0.29, 0.717) is 30.9 Å². The summed E-state index contributed by atoms with van der Waals surface area (Å²) in [6, 6.07) is 15.9. The van der Waals surface area contributed by atoms with Gasteiger partial charge >= 0.3 is 6.09 Å². The van der Waals surface area contributed by atoms with Gasteiger partial charge in [-0.2, -0.15) is 4.31 Å². The Morgan fingerprint density at radius 3 is 2.64 bits per heavy atom. The minimum atomic E-state index is -4.23. The molecule has 0 aliphatic carbocycles. The maximum absolute atomic E-state index is 14.3. The van der Waals surface area contributed by atoms with Gasteiger partial charge in [-0.3, -0.25) is 4.79 Å². The van der Waals surface area contributed by atoms with Gasteiger partial charge in [-0.05, 0) is 54.5 Å². The molecule has 0 saturated carbocycles. The van der Waals surface area contributed by atoms with E-state index in [2.05, 4.69) is 10.6 Å². The average molecular weight is 714 g/mol. The summed E-state index contributed by atoms with van der Waals surface area (Å²) in [5.41, 5.74) is 0.145. The van der Waals surface area contributed by atoms with E-state index in [4.69, 9.17) is 28.1 Å². The molecule has 0 unspecified atom stereocenters. The Balaban J connectivity index is 1.21. The molecular formula is C35H43N3O11S. The predicted octanol–water partition coefficient (Wildman–Crippen LogP) is 3.31. The second-order valence-corrected chi connectivity index (χ2v) is 15.4. The minimum absolute atomic E-state index is 0.0254. The molecule has 3 N–H and O–H groups in total. The van der Waals surface area contributed by atoms with Crippen molar-refractivity contribution in [2.75, 3.05) is 39.6 Å². The van der Waals surface area contributed by atoms with Crippen molar-refractivity contribution in [2.24, 2.45) is 11.3 Å². The van der Waals surface area contributed by atoms with Crippen molar-refractivity contribution in [2.45, 2.75) is 62.5 Å². The minimum Gasteiger partial charge on any atom is -0.459 e. The number of carbonyl (C=O) groups is 2. The lowest BCUT2D eigenvalue weighted by atomic mass is 9.89. The Kier molecular flexibility index (Phi) is 11.0. The molecule has 2 amide bonds. The number of benzene rings is 2. The van der Waals surface area contributed by atoms with Gasteiger partial charge in [-0.15, -0.1) is 0 Å². The maximum atomic E-state index is 14.3. The molecular weight excluding hydrogens is 670 g/mol.